The third kappa shape index (κ3) is 7.51. The van der Waals surface area contributed by atoms with E-state index in [0.717, 1.165) is 32.7 Å². The van der Waals surface area contributed by atoms with Crippen molar-refractivity contribution in [2.24, 2.45) is 5.92 Å². The first-order chi connectivity index (χ1) is 21.4. The Balaban J connectivity index is 1.47. The molecule has 5 rings (SSSR count). The fraction of sp³-hybridized carbons (Fsp3) is 0.306. The molecule has 0 radical (unpaired) electrons. The molecule has 2 unspecified atom stereocenters. The summed E-state index contributed by atoms with van der Waals surface area (Å²) >= 11 is 0. The van der Waals surface area contributed by atoms with E-state index in [2.05, 4.69) is 0 Å². The molecule has 4 aromatic rings. The van der Waals surface area contributed by atoms with Gasteiger partial charge in [0.1, 0.15) is 18.3 Å². The number of amides is 2. The van der Waals surface area contributed by atoms with Gasteiger partial charge < -0.3 is 19.0 Å². The zero-order valence-electron chi connectivity index (χ0n) is 24.8. The van der Waals surface area contributed by atoms with E-state index in [0.29, 0.717) is 31.6 Å². The van der Waals surface area contributed by atoms with Crippen LogP contribution >= 0.6 is 0 Å². The lowest BCUT2D eigenvalue weighted by molar-refractivity contribution is -0.131. The molecule has 0 bridgehead atoms. The van der Waals surface area contributed by atoms with Gasteiger partial charge in [-0.05, 0) is 48.9 Å². The molecule has 8 heteroatoms. The molecule has 3 aromatic carbocycles. The Labute approximate surface area is 257 Å². The molecule has 1 N–H and O–H groups in total. The molecule has 1 aromatic heterocycles. The highest BCUT2D eigenvalue weighted by Gasteiger charge is 2.44. The molecule has 1 fully saturated rings. The predicted octanol–water partition coefficient (Wildman–Crippen LogP) is 5.83. The topological polar surface area (TPSA) is 106 Å². The van der Waals surface area contributed by atoms with Crippen molar-refractivity contribution < 1.29 is 33.4 Å². The number of benzene rings is 3. The summed E-state index contributed by atoms with van der Waals surface area (Å²) in [6.07, 6.45) is 0.894. The summed E-state index contributed by atoms with van der Waals surface area (Å²) in [5.74, 6) is -1.61. The van der Waals surface area contributed by atoms with Gasteiger partial charge in [0.15, 0.2) is 5.76 Å². The van der Waals surface area contributed by atoms with E-state index in [1.54, 1.807) is 6.07 Å². The van der Waals surface area contributed by atoms with Gasteiger partial charge in [-0.2, -0.15) is 0 Å². The Morgan fingerprint density at radius 1 is 0.955 bits per heavy atom. The number of carbonyl (C=O) groups excluding carboxylic acids is 3. The van der Waals surface area contributed by atoms with Crippen LogP contribution in [-0.2, 0) is 33.5 Å². The van der Waals surface area contributed by atoms with Crippen molar-refractivity contribution in [3.63, 3.8) is 0 Å². The number of Topliss-reactive ketones (excluding diaryl/α,β-unsaturated/α-hetero) is 1. The van der Waals surface area contributed by atoms with Crippen molar-refractivity contribution in [1.29, 1.82) is 0 Å². The number of furan rings is 1. The van der Waals surface area contributed by atoms with E-state index >= 15 is 0 Å². The van der Waals surface area contributed by atoms with E-state index in [9.17, 15) is 14.4 Å². The Morgan fingerprint density at radius 3 is 2.39 bits per heavy atom. The lowest BCUT2D eigenvalue weighted by Crippen LogP contribution is -2.46. The standard InChI is InChI=1S/C36H37NO7/c1-25-10-8-15-28(20-25)30-23-33(44-32(30)16-9-18-42-19-17-38)34(39)31(22-27-13-6-3-7-14-27)35(40)37-29(24-43-36(37)41)21-26-11-4-2-5-12-26/h2-8,10-15,20,23,29,31,38H,9,16-19,21-22,24H2,1H3. The van der Waals surface area contributed by atoms with E-state index < -0.39 is 29.7 Å². The minimum atomic E-state index is -1.20. The SMILES string of the molecule is Cc1cccc(-c2cc(C(=O)C(Cc3ccccc3)C(=O)N3C(=O)OCC3Cc3ccccc3)oc2CCCOCCO)c1. The normalized spacial score (nSPS) is 15.3. The van der Waals surface area contributed by atoms with Gasteiger partial charge in [0.05, 0.1) is 19.3 Å². The first-order valence-corrected chi connectivity index (χ1v) is 14.9. The number of cyclic esters (lactones) is 1. The van der Waals surface area contributed by atoms with Gasteiger partial charge in [-0.3, -0.25) is 9.59 Å². The van der Waals surface area contributed by atoms with Crippen LogP contribution in [0.4, 0.5) is 4.79 Å². The highest BCUT2D eigenvalue weighted by atomic mass is 16.6. The number of ketones is 1. The number of aryl methyl sites for hydroxylation is 2. The number of nitrogens with zero attached hydrogens (tertiary/aromatic N) is 1. The molecule has 1 aliphatic rings. The van der Waals surface area contributed by atoms with Crippen LogP contribution in [0.2, 0.25) is 0 Å². The molecular weight excluding hydrogens is 558 g/mol. The average molecular weight is 596 g/mol. The monoisotopic (exact) mass is 595 g/mol. The van der Waals surface area contributed by atoms with Crippen LogP contribution in [0.25, 0.3) is 11.1 Å². The lowest BCUT2D eigenvalue weighted by Gasteiger charge is -2.24. The Bertz CT molecular complexity index is 1560. The van der Waals surface area contributed by atoms with Crippen molar-refractivity contribution >= 4 is 17.8 Å². The van der Waals surface area contributed by atoms with Crippen LogP contribution in [0.3, 0.4) is 0 Å². The summed E-state index contributed by atoms with van der Waals surface area (Å²) in [4.78, 5) is 42.5. The maximum Gasteiger partial charge on any atom is 0.417 e. The predicted molar refractivity (Wildman–Crippen MR) is 165 cm³/mol. The van der Waals surface area contributed by atoms with Crippen molar-refractivity contribution in [2.45, 2.75) is 38.6 Å². The largest absolute Gasteiger partial charge is 0.457 e. The molecule has 1 saturated heterocycles. The highest BCUT2D eigenvalue weighted by molar-refractivity contribution is 6.12. The number of ether oxygens (including phenoxy) is 2. The molecule has 44 heavy (non-hydrogen) atoms. The van der Waals surface area contributed by atoms with E-state index in [1.165, 1.54) is 0 Å². The second-order valence-electron chi connectivity index (χ2n) is 11.0. The summed E-state index contributed by atoms with van der Waals surface area (Å²) in [6.45, 7) is 2.68. The van der Waals surface area contributed by atoms with Gasteiger partial charge in [-0.15, -0.1) is 0 Å². The van der Waals surface area contributed by atoms with Crippen LogP contribution in [0.5, 0.6) is 0 Å². The number of aliphatic hydroxyl groups is 1. The summed E-state index contributed by atoms with van der Waals surface area (Å²) in [5.41, 5.74) is 4.48. The van der Waals surface area contributed by atoms with Crippen molar-refractivity contribution in [1.82, 2.24) is 4.90 Å². The maximum atomic E-state index is 14.3. The molecule has 0 aliphatic carbocycles. The third-order valence-electron chi connectivity index (χ3n) is 7.72. The average Bonchev–Trinajstić information content (AvgIpc) is 3.63. The maximum absolute atomic E-state index is 14.3. The number of aliphatic hydroxyl groups excluding tert-OH is 1. The summed E-state index contributed by atoms with van der Waals surface area (Å²) in [5, 5.41) is 9.01. The molecule has 0 saturated carbocycles. The minimum Gasteiger partial charge on any atom is -0.457 e. The third-order valence-corrected chi connectivity index (χ3v) is 7.72. The fourth-order valence-corrected chi connectivity index (χ4v) is 5.54. The van der Waals surface area contributed by atoms with Crippen molar-refractivity contribution in [2.75, 3.05) is 26.4 Å². The number of rotatable bonds is 14. The second-order valence-corrected chi connectivity index (χ2v) is 11.0. The first kappa shape index (κ1) is 30.9. The lowest BCUT2D eigenvalue weighted by atomic mass is 9.91. The summed E-state index contributed by atoms with van der Waals surface area (Å²) in [7, 11) is 0. The van der Waals surface area contributed by atoms with Gasteiger partial charge in [-0.25, -0.2) is 9.69 Å². The van der Waals surface area contributed by atoms with Crippen LogP contribution < -0.4 is 0 Å². The zero-order chi connectivity index (χ0) is 30.9. The number of hydrogen-bond acceptors (Lipinski definition) is 7. The van der Waals surface area contributed by atoms with Crippen LogP contribution in [0.15, 0.2) is 95.4 Å². The quantitative estimate of drug-likeness (QED) is 0.111. The van der Waals surface area contributed by atoms with Gasteiger partial charge in [0.25, 0.3) is 0 Å². The van der Waals surface area contributed by atoms with Gasteiger partial charge in [0.2, 0.25) is 11.7 Å². The van der Waals surface area contributed by atoms with E-state index in [1.807, 2.05) is 91.9 Å². The molecular formula is C36H37NO7. The summed E-state index contributed by atoms with van der Waals surface area (Å²) < 4.78 is 17.0. The number of carbonyl (C=O) groups is 3. The molecule has 2 heterocycles. The molecule has 2 atom stereocenters. The van der Waals surface area contributed by atoms with E-state index in [-0.39, 0.29) is 32.0 Å². The summed E-state index contributed by atoms with van der Waals surface area (Å²) in [6, 6.07) is 28.0. The Kier molecular flexibility index (Phi) is 10.4. The minimum absolute atomic E-state index is 0.0540. The molecule has 0 spiro atoms. The fourth-order valence-electron chi connectivity index (χ4n) is 5.54. The van der Waals surface area contributed by atoms with Crippen LogP contribution in [0.1, 0.15) is 39.4 Å². The smallest absolute Gasteiger partial charge is 0.417 e. The van der Waals surface area contributed by atoms with E-state index in [4.69, 9.17) is 19.0 Å². The first-order valence-electron chi connectivity index (χ1n) is 14.9. The van der Waals surface area contributed by atoms with Crippen molar-refractivity contribution in [3.05, 3.63) is 119 Å². The Hall–Kier alpha value is -4.53. The van der Waals surface area contributed by atoms with Gasteiger partial charge in [-0.1, -0.05) is 90.5 Å². The molecule has 2 amide bonds. The second kappa shape index (κ2) is 14.8. The Morgan fingerprint density at radius 2 is 1.68 bits per heavy atom. The molecule has 1 aliphatic heterocycles. The molecule has 228 valence electrons. The van der Waals surface area contributed by atoms with Crippen molar-refractivity contribution in [3.8, 4) is 11.1 Å². The highest BCUT2D eigenvalue weighted by Crippen LogP contribution is 2.32. The van der Waals surface area contributed by atoms with Crippen LogP contribution in [-0.4, -0.2) is 60.3 Å². The van der Waals surface area contributed by atoms with Gasteiger partial charge in [0, 0.05) is 18.6 Å². The van der Waals surface area contributed by atoms with Crippen LogP contribution in [0, 0.1) is 12.8 Å². The van der Waals surface area contributed by atoms with Gasteiger partial charge >= 0.3 is 6.09 Å². The number of hydrogen-bond donors (Lipinski definition) is 1. The molecule has 8 nitrogen and oxygen atoms in total. The zero-order valence-corrected chi connectivity index (χ0v) is 24.8. The number of imide groups is 1.